The van der Waals surface area contributed by atoms with Gasteiger partial charge >= 0.3 is 5.97 Å². The Morgan fingerprint density at radius 1 is 0.923 bits per heavy atom. The summed E-state index contributed by atoms with van der Waals surface area (Å²) in [4.78, 5) is 12.6. The van der Waals surface area contributed by atoms with Crippen LogP contribution >= 0.6 is 0 Å². The molecule has 4 fully saturated rings. The normalized spacial score (nSPS) is 32.6. The molecule has 3 heterocycles. The number of unbranched alkanes of at least 4 members (excludes halogenated alkanes) is 5. The smallest absolute Gasteiger partial charge is 0.364 e. The Morgan fingerprint density at radius 3 is 2.21 bits per heavy atom. The van der Waals surface area contributed by atoms with Crippen molar-refractivity contribution in [3.8, 4) is 0 Å². The summed E-state index contributed by atoms with van der Waals surface area (Å²) >= 11 is 0. The van der Waals surface area contributed by atoms with Crippen LogP contribution in [-0.4, -0.2) is 54.9 Å². The van der Waals surface area contributed by atoms with Crippen LogP contribution in [0.25, 0.3) is 0 Å². The molecule has 1 aliphatic carbocycles. The molecule has 0 radical (unpaired) electrons. The van der Waals surface area contributed by atoms with Crippen LogP contribution in [0.4, 0.5) is 0 Å². The molecule has 0 aromatic rings. The maximum atomic E-state index is 12.6. The van der Waals surface area contributed by atoms with Crippen molar-refractivity contribution in [3.05, 3.63) is 24.8 Å². The van der Waals surface area contributed by atoms with Crippen LogP contribution in [0, 0.1) is 11.8 Å². The molecule has 0 spiro atoms. The summed E-state index contributed by atoms with van der Waals surface area (Å²) in [7, 11) is 0. The molecule has 4 rings (SSSR count). The van der Waals surface area contributed by atoms with Crippen LogP contribution in [0.3, 0.4) is 0 Å². The lowest BCUT2D eigenvalue weighted by molar-refractivity contribution is -0.352. The fraction of sp³-hybridized carbons (Fsp3) is 0.844. The molecule has 0 aromatic carbocycles. The van der Waals surface area contributed by atoms with Crippen LogP contribution in [-0.2, 0) is 28.5 Å². The molecular formula is C32H52O7. The maximum Gasteiger partial charge on any atom is 0.364 e. The lowest BCUT2D eigenvalue weighted by Crippen LogP contribution is -2.51. The first-order chi connectivity index (χ1) is 19.0. The summed E-state index contributed by atoms with van der Waals surface area (Å²) in [5, 5.41) is 10.3. The molecule has 3 saturated heterocycles. The number of rotatable bonds is 18. The van der Waals surface area contributed by atoms with Gasteiger partial charge in [0.05, 0.1) is 12.2 Å². The van der Waals surface area contributed by atoms with Crippen molar-refractivity contribution < 1.29 is 33.6 Å². The van der Waals surface area contributed by atoms with Crippen LogP contribution < -0.4 is 0 Å². The van der Waals surface area contributed by atoms with E-state index in [0.29, 0.717) is 44.3 Å². The SMILES string of the molecule is C=CCCCCCCC[C@H]1CCC(=C)[C@@H]1C[C@H]1OC1CCC(OC1CCCCO1)(OC1CCCCO1)C(=O)O. The number of ether oxygens (including phenoxy) is 5. The second-order valence-corrected chi connectivity index (χ2v) is 12.1. The van der Waals surface area contributed by atoms with Gasteiger partial charge in [-0.2, -0.15) is 0 Å². The minimum absolute atomic E-state index is 0.0365. The number of carboxylic acid groups (broad SMARTS) is 1. The Bertz CT molecular complexity index is 750. The van der Waals surface area contributed by atoms with Crippen molar-refractivity contribution >= 4 is 5.97 Å². The van der Waals surface area contributed by atoms with Gasteiger partial charge in [-0.25, -0.2) is 4.79 Å². The highest BCUT2D eigenvalue weighted by Gasteiger charge is 2.50. The van der Waals surface area contributed by atoms with Crippen molar-refractivity contribution in [1.29, 1.82) is 0 Å². The molecule has 222 valence electrons. The second-order valence-electron chi connectivity index (χ2n) is 12.1. The zero-order chi connectivity index (χ0) is 27.5. The van der Waals surface area contributed by atoms with Crippen LogP contribution in [0.5, 0.6) is 0 Å². The molecule has 39 heavy (non-hydrogen) atoms. The zero-order valence-electron chi connectivity index (χ0n) is 24.0. The van der Waals surface area contributed by atoms with Gasteiger partial charge in [0.15, 0.2) is 12.6 Å². The largest absolute Gasteiger partial charge is 0.477 e. The average molecular weight is 549 g/mol. The number of hydrogen-bond donors (Lipinski definition) is 1. The Balaban J connectivity index is 1.26. The summed E-state index contributed by atoms with van der Waals surface area (Å²) in [5.74, 6) is -1.68. The monoisotopic (exact) mass is 548 g/mol. The van der Waals surface area contributed by atoms with Crippen LogP contribution in [0.15, 0.2) is 24.8 Å². The van der Waals surface area contributed by atoms with Gasteiger partial charge in [0.2, 0.25) is 0 Å². The molecule has 0 amide bonds. The minimum Gasteiger partial charge on any atom is -0.477 e. The molecule has 7 heteroatoms. The summed E-state index contributed by atoms with van der Waals surface area (Å²) < 4.78 is 29.8. The quantitative estimate of drug-likeness (QED) is 0.0833. The van der Waals surface area contributed by atoms with Gasteiger partial charge < -0.3 is 28.8 Å². The van der Waals surface area contributed by atoms with Gasteiger partial charge in [-0.1, -0.05) is 43.9 Å². The van der Waals surface area contributed by atoms with Crippen LogP contribution in [0.2, 0.25) is 0 Å². The standard InChI is InChI=1S/C32H52O7/c1-3-4-5-6-7-8-9-14-25-18-17-24(2)26(25)23-28-27(37-28)19-20-32(31(33)34,38-29-15-10-12-21-35-29)39-30-16-11-13-22-36-30/h3,25-30H,1-2,4-23H2,(H,33,34)/t25-,26-,27?,28+,29?,30?,32?/m0/s1. The molecule has 1 N–H and O–H groups in total. The first-order valence-corrected chi connectivity index (χ1v) is 15.8. The van der Waals surface area contributed by atoms with Crippen molar-refractivity contribution in [1.82, 2.24) is 0 Å². The van der Waals surface area contributed by atoms with E-state index in [1.807, 2.05) is 6.08 Å². The third-order valence-corrected chi connectivity index (χ3v) is 9.09. The third-order valence-electron chi connectivity index (χ3n) is 9.09. The van der Waals surface area contributed by atoms with E-state index in [4.69, 9.17) is 23.7 Å². The topological polar surface area (TPSA) is 86.8 Å². The molecule has 0 bridgehead atoms. The molecule has 0 aromatic heterocycles. The lowest BCUT2D eigenvalue weighted by atomic mass is 9.85. The van der Waals surface area contributed by atoms with Crippen molar-refractivity contribution in [2.24, 2.45) is 11.8 Å². The number of carboxylic acids is 1. The van der Waals surface area contributed by atoms with Crippen molar-refractivity contribution in [2.75, 3.05) is 13.2 Å². The van der Waals surface area contributed by atoms with E-state index < -0.39 is 24.3 Å². The first-order valence-electron chi connectivity index (χ1n) is 15.8. The van der Waals surface area contributed by atoms with Gasteiger partial charge in [-0.15, -0.1) is 6.58 Å². The van der Waals surface area contributed by atoms with Gasteiger partial charge in [-0.3, -0.25) is 0 Å². The fourth-order valence-corrected chi connectivity index (χ4v) is 6.63. The van der Waals surface area contributed by atoms with E-state index in [0.717, 1.165) is 44.9 Å². The number of carbonyl (C=O) groups is 1. The highest BCUT2D eigenvalue weighted by Crippen LogP contribution is 2.46. The third kappa shape index (κ3) is 9.39. The number of allylic oxidation sites excluding steroid dienone is 2. The Hall–Kier alpha value is -1.25. The van der Waals surface area contributed by atoms with Gasteiger partial charge in [0, 0.05) is 19.6 Å². The van der Waals surface area contributed by atoms with Gasteiger partial charge in [-0.05, 0) is 95.3 Å². The zero-order valence-corrected chi connectivity index (χ0v) is 24.0. The van der Waals surface area contributed by atoms with Gasteiger partial charge in [0.1, 0.15) is 0 Å². The number of aliphatic carboxylic acids is 1. The van der Waals surface area contributed by atoms with E-state index in [1.165, 1.54) is 50.5 Å². The molecule has 3 aliphatic heterocycles. The Labute approximate surface area is 235 Å². The Morgan fingerprint density at radius 2 is 1.59 bits per heavy atom. The maximum absolute atomic E-state index is 12.6. The molecule has 4 aliphatic rings. The average Bonchev–Trinajstić information content (AvgIpc) is 3.61. The molecule has 7 nitrogen and oxygen atoms in total. The predicted octanol–water partition coefficient (Wildman–Crippen LogP) is 7.29. The summed E-state index contributed by atoms with van der Waals surface area (Å²) in [6, 6.07) is 0. The summed E-state index contributed by atoms with van der Waals surface area (Å²) in [5.41, 5.74) is 1.37. The fourth-order valence-electron chi connectivity index (χ4n) is 6.63. The number of hydrogen-bond acceptors (Lipinski definition) is 6. The molecule has 6 atom stereocenters. The second kappa shape index (κ2) is 15.7. The van der Waals surface area contributed by atoms with Gasteiger partial charge in [0.25, 0.3) is 5.79 Å². The van der Waals surface area contributed by atoms with E-state index in [1.54, 1.807) is 0 Å². The van der Waals surface area contributed by atoms with Crippen LogP contribution in [0.1, 0.15) is 116 Å². The predicted molar refractivity (Wildman–Crippen MR) is 150 cm³/mol. The minimum atomic E-state index is -1.79. The van der Waals surface area contributed by atoms with Crippen molar-refractivity contribution in [2.45, 2.75) is 146 Å². The highest BCUT2D eigenvalue weighted by atomic mass is 16.8. The highest BCUT2D eigenvalue weighted by molar-refractivity contribution is 5.75. The first kappa shape index (κ1) is 30.7. The van der Waals surface area contributed by atoms with E-state index in [9.17, 15) is 9.90 Å². The number of epoxide rings is 1. The molecule has 3 unspecified atom stereocenters. The molecular weight excluding hydrogens is 496 g/mol. The van der Waals surface area contributed by atoms with E-state index in [-0.39, 0.29) is 18.6 Å². The lowest BCUT2D eigenvalue weighted by Gasteiger charge is -2.37. The Kier molecular flexibility index (Phi) is 12.3. The van der Waals surface area contributed by atoms with E-state index >= 15 is 0 Å². The summed E-state index contributed by atoms with van der Waals surface area (Å²) in [6.07, 6.45) is 19.3. The molecule has 1 saturated carbocycles. The summed E-state index contributed by atoms with van der Waals surface area (Å²) in [6.45, 7) is 9.36. The van der Waals surface area contributed by atoms with E-state index in [2.05, 4.69) is 13.2 Å². The van der Waals surface area contributed by atoms with Crippen molar-refractivity contribution in [3.63, 3.8) is 0 Å².